The zero-order valence-corrected chi connectivity index (χ0v) is 13.1. The van der Waals surface area contributed by atoms with Crippen molar-refractivity contribution in [3.05, 3.63) is 0 Å². The highest BCUT2D eigenvalue weighted by molar-refractivity contribution is 5.82. The van der Waals surface area contributed by atoms with Gasteiger partial charge < -0.3 is 15.0 Å². The van der Waals surface area contributed by atoms with Crippen LogP contribution in [0.15, 0.2) is 0 Å². The maximum Gasteiger partial charge on any atom is 0.327 e. The second-order valence-corrected chi connectivity index (χ2v) is 6.31. The molecule has 1 heterocycles. The molecule has 2 fully saturated rings. The topological polar surface area (TPSA) is 41.6 Å². The van der Waals surface area contributed by atoms with E-state index < -0.39 is 5.54 Å². The van der Waals surface area contributed by atoms with Crippen molar-refractivity contribution in [1.29, 1.82) is 0 Å². The van der Waals surface area contributed by atoms with Gasteiger partial charge in [0.1, 0.15) is 5.54 Å². The largest absolute Gasteiger partial charge is 0.468 e. The molecular weight excluding hydrogens is 252 g/mol. The lowest BCUT2D eigenvalue weighted by Crippen LogP contribution is -2.61. The standard InChI is InChI=1S/C16H30N2O2/c1-3-17-16(14-9-10-14,15(19)20-2)13-18-11-7-5-4-6-8-12-18/h14,17H,3-13H2,1-2H3. The SMILES string of the molecule is CCNC(CN1CCCCCCC1)(C(=O)OC)C1CC1. The van der Waals surface area contributed by atoms with Gasteiger partial charge in [0.25, 0.3) is 0 Å². The van der Waals surface area contributed by atoms with Crippen molar-refractivity contribution < 1.29 is 9.53 Å². The Labute approximate surface area is 123 Å². The fraction of sp³-hybridized carbons (Fsp3) is 0.938. The third-order valence-corrected chi connectivity index (χ3v) is 4.74. The fourth-order valence-electron chi connectivity index (χ4n) is 3.53. The van der Waals surface area contributed by atoms with Crippen LogP contribution in [0.1, 0.15) is 51.9 Å². The molecule has 0 aromatic carbocycles. The number of hydrogen-bond donors (Lipinski definition) is 1. The molecule has 2 rings (SSSR count). The van der Waals surface area contributed by atoms with E-state index in [9.17, 15) is 4.79 Å². The number of hydrogen-bond acceptors (Lipinski definition) is 4. The number of likely N-dealkylation sites (tertiary alicyclic amines) is 1. The lowest BCUT2D eigenvalue weighted by molar-refractivity contribution is -0.150. The molecule has 1 atom stereocenters. The summed E-state index contributed by atoms with van der Waals surface area (Å²) in [5.74, 6) is 0.393. The molecule has 4 heteroatoms. The average Bonchev–Trinajstić information content (AvgIpc) is 3.24. The van der Waals surface area contributed by atoms with E-state index in [0.29, 0.717) is 5.92 Å². The zero-order chi connectivity index (χ0) is 14.4. The van der Waals surface area contributed by atoms with Gasteiger partial charge in [-0.1, -0.05) is 26.2 Å². The van der Waals surface area contributed by atoms with Gasteiger partial charge in [-0.3, -0.25) is 0 Å². The van der Waals surface area contributed by atoms with Crippen molar-refractivity contribution in [2.24, 2.45) is 5.92 Å². The summed E-state index contributed by atoms with van der Waals surface area (Å²) in [5, 5.41) is 3.48. The highest BCUT2D eigenvalue weighted by Crippen LogP contribution is 2.41. The molecule has 0 bridgehead atoms. The van der Waals surface area contributed by atoms with Crippen LogP contribution in [0.2, 0.25) is 0 Å². The van der Waals surface area contributed by atoms with Gasteiger partial charge in [-0.25, -0.2) is 4.79 Å². The number of nitrogens with one attached hydrogen (secondary N) is 1. The molecule has 1 unspecified atom stereocenters. The molecule has 116 valence electrons. The van der Waals surface area contributed by atoms with Gasteiger partial charge in [-0.05, 0) is 51.2 Å². The van der Waals surface area contributed by atoms with E-state index in [1.807, 2.05) is 0 Å². The number of carbonyl (C=O) groups excluding carboxylic acids is 1. The summed E-state index contributed by atoms with van der Waals surface area (Å²) in [6.07, 6.45) is 8.83. The van der Waals surface area contributed by atoms with Gasteiger partial charge >= 0.3 is 5.97 Å². The minimum absolute atomic E-state index is 0.0658. The first kappa shape index (κ1) is 15.8. The predicted octanol–water partition coefficient (Wildman–Crippen LogP) is 2.18. The summed E-state index contributed by atoms with van der Waals surface area (Å²) in [5.41, 5.74) is -0.470. The predicted molar refractivity (Wildman–Crippen MR) is 80.7 cm³/mol. The van der Waals surface area contributed by atoms with Crippen LogP contribution in [0.3, 0.4) is 0 Å². The third kappa shape index (κ3) is 3.73. The van der Waals surface area contributed by atoms with Crippen LogP contribution in [-0.4, -0.2) is 49.7 Å². The minimum Gasteiger partial charge on any atom is -0.468 e. The molecule has 1 N–H and O–H groups in total. The van der Waals surface area contributed by atoms with Gasteiger partial charge in [0.15, 0.2) is 0 Å². The molecule has 0 aromatic heterocycles. The number of nitrogens with zero attached hydrogens (tertiary/aromatic N) is 1. The molecule has 0 aromatic rings. The van der Waals surface area contributed by atoms with Gasteiger partial charge in [0.2, 0.25) is 0 Å². The summed E-state index contributed by atoms with van der Waals surface area (Å²) in [6, 6.07) is 0. The number of esters is 1. The summed E-state index contributed by atoms with van der Waals surface area (Å²) in [7, 11) is 1.52. The first-order chi connectivity index (χ1) is 9.73. The Hall–Kier alpha value is -0.610. The van der Waals surface area contributed by atoms with Crippen LogP contribution >= 0.6 is 0 Å². The van der Waals surface area contributed by atoms with Crippen molar-refractivity contribution >= 4 is 5.97 Å². The van der Waals surface area contributed by atoms with E-state index in [-0.39, 0.29) is 5.97 Å². The monoisotopic (exact) mass is 282 g/mol. The third-order valence-electron chi connectivity index (χ3n) is 4.74. The Morgan fingerprint density at radius 1 is 1.20 bits per heavy atom. The lowest BCUT2D eigenvalue weighted by Gasteiger charge is -2.37. The van der Waals surface area contributed by atoms with Crippen molar-refractivity contribution in [3.63, 3.8) is 0 Å². The normalized spacial score (nSPS) is 24.5. The van der Waals surface area contributed by atoms with Crippen LogP contribution in [0.4, 0.5) is 0 Å². The smallest absolute Gasteiger partial charge is 0.327 e. The van der Waals surface area contributed by atoms with Crippen LogP contribution in [0.25, 0.3) is 0 Å². The van der Waals surface area contributed by atoms with E-state index in [0.717, 1.165) is 39.0 Å². The summed E-state index contributed by atoms with van der Waals surface area (Å²) in [6.45, 7) is 5.96. The molecule has 0 spiro atoms. The van der Waals surface area contributed by atoms with Gasteiger partial charge in [0.05, 0.1) is 7.11 Å². The van der Waals surface area contributed by atoms with Crippen LogP contribution in [0.5, 0.6) is 0 Å². The second-order valence-electron chi connectivity index (χ2n) is 6.31. The maximum atomic E-state index is 12.4. The van der Waals surface area contributed by atoms with Gasteiger partial charge in [-0.15, -0.1) is 0 Å². The fourth-order valence-corrected chi connectivity index (χ4v) is 3.53. The minimum atomic E-state index is -0.470. The van der Waals surface area contributed by atoms with Crippen molar-refractivity contribution in [3.8, 4) is 0 Å². The number of methoxy groups -OCH3 is 1. The zero-order valence-electron chi connectivity index (χ0n) is 13.1. The van der Waals surface area contributed by atoms with Crippen molar-refractivity contribution in [1.82, 2.24) is 10.2 Å². The average molecular weight is 282 g/mol. The van der Waals surface area contributed by atoms with Crippen molar-refractivity contribution in [2.45, 2.75) is 57.4 Å². The number of carbonyl (C=O) groups is 1. The van der Waals surface area contributed by atoms with E-state index >= 15 is 0 Å². The Morgan fingerprint density at radius 3 is 2.30 bits per heavy atom. The first-order valence-electron chi connectivity index (χ1n) is 8.28. The van der Waals surface area contributed by atoms with Gasteiger partial charge in [0, 0.05) is 6.54 Å². The Morgan fingerprint density at radius 2 is 1.80 bits per heavy atom. The highest BCUT2D eigenvalue weighted by Gasteiger charge is 2.52. The maximum absolute atomic E-state index is 12.4. The Bertz CT molecular complexity index is 310. The number of rotatable bonds is 6. The molecule has 1 aliphatic carbocycles. The van der Waals surface area contributed by atoms with Crippen LogP contribution in [-0.2, 0) is 9.53 Å². The van der Waals surface area contributed by atoms with E-state index in [2.05, 4.69) is 17.1 Å². The molecule has 20 heavy (non-hydrogen) atoms. The molecule has 0 amide bonds. The molecule has 1 saturated carbocycles. The lowest BCUT2D eigenvalue weighted by atomic mass is 9.91. The van der Waals surface area contributed by atoms with E-state index in [1.165, 1.54) is 39.2 Å². The number of likely N-dealkylation sites (N-methyl/N-ethyl adjacent to an activating group) is 1. The molecule has 4 nitrogen and oxygen atoms in total. The first-order valence-corrected chi connectivity index (χ1v) is 8.28. The summed E-state index contributed by atoms with van der Waals surface area (Å²) < 4.78 is 5.14. The second kappa shape index (κ2) is 7.41. The molecule has 1 aliphatic heterocycles. The molecule has 0 radical (unpaired) electrons. The molecule has 2 aliphatic rings. The van der Waals surface area contributed by atoms with E-state index in [1.54, 1.807) is 0 Å². The van der Waals surface area contributed by atoms with E-state index in [4.69, 9.17) is 4.74 Å². The van der Waals surface area contributed by atoms with Crippen LogP contribution in [0, 0.1) is 5.92 Å². The highest BCUT2D eigenvalue weighted by atomic mass is 16.5. The van der Waals surface area contributed by atoms with Crippen molar-refractivity contribution in [2.75, 3.05) is 33.3 Å². The number of ether oxygens (including phenoxy) is 1. The Balaban J connectivity index is 2.06. The Kier molecular flexibility index (Phi) is 5.85. The summed E-state index contributed by atoms with van der Waals surface area (Å²) >= 11 is 0. The summed E-state index contributed by atoms with van der Waals surface area (Å²) in [4.78, 5) is 14.9. The van der Waals surface area contributed by atoms with Crippen LogP contribution < -0.4 is 5.32 Å². The molecule has 1 saturated heterocycles. The quantitative estimate of drug-likeness (QED) is 0.758. The molecular formula is C16H30N2O2. The van der Waals surface area contributed by atoms with Gasteiger partial charge in [-0.2, -0.15) is 0 Å².